The van der Waals surface area contributed by atoms with Gasteiger partial charge in [0.25, 0.3) is 0 Å². The van der Waals surface area contributed by atoms with Gasteiger partial charge in [-0.15, -0.1) is 0 Å². The standard InChI is InChI=1S/C20H28FNO3Si/c1-20(2,3)26(5,6)25-12-15-9-13-10-16(19(23)24-4)17(21)11-18(13)22(15)14-7-8-14/h9-11,14H,7-8,12H2,1-6H3. The van der Waals surface area contributed by atoms with Gasteiger partial charge in [0, 0.05) is 17.1 Å². The van der Waals surface area contributed by atoms with Gasteiger partial charge in [-0.05, 0) is 49.2 Å². The molecule has 0 radical (unpaired) electrons. The Hall–Kier alpha value is -1.66. The molecular weight excluding hydrogens is 349 g/mol. The molecule has 0 amide bonds. The largest absolute Gasteiger partial charge is 0.465 e. The molecule has 6 heteroatoms. The number of ether oxygens (including phenoxy) is 1. The Kier molecular flexibility index (Phi) is 4.77. The van der Waals surface area contributed by atoms with Gasteiger partial charge in [-0.2, -0.15) is 0 Å². The molecule has 1 fully saturated rings. The smallest absolute Gasteiger partial charge is 0.340 e. The lowest BCUT2D eigenvalue weighted by Gasteiger charge is -2.36. The topological polar surface area (TPSA) is 40.5 Å². The Morgan fingerprint density at radius 2 is 1.92 bits per heavy atom. The van der Waals surface area contributed by atoms with Gasteiger partial charge in [-0.3, -0.25) is 0 Å². The van der Waals surface area contributed by atoms with Gasteiger partial charge in [0.1, 0.15) is 5.82 Å². The lowest BCUT2D eigenvalue weighted by atomic mass is 10.1. The zero-order chi connectivity index (χ0) is 19.3. The number of fused-ring (bicyclic) bond motifs is 1. The number of methoxy groups -OCH3 is 1. The van der Waals surface area contributed by atoms with Crippen LogP contribution in [0.1, 0.15) is 55.7 Å². The first kappa shape index (κ1) is 19.1. The van der Waals surface area contributed by atoms with Crippen LogP contribution in [0.3, 0.4) is 0 Å². The lowest BCUT2D eigenvalue weighted by molar-refractivity contribution is 0.0595. The molecule has 0 saturated heterocycles. The number of benzene rings is 1. The second kappa shape index (κ2) is 6.50. The number of halogens is 1. The summed E-state index contributed by atoms with van der Waals surface area (Å²) in [6.07, 6.45) is 2.19. The fraction of sp³-hybridized carbons (Fsp3) is 0.550. The summed E-state index contributed by atoms with van der Waals surface area (Å²) in [5.74, 6) is -1.19. The predicted octanol–water partition coefficient (Wildman–Crippen LogP) is 5.42. The van der Waals surface area contributed by atoms with Crippen molar-refractivity contribution in [1.82, 2.24) is 4.57 Å². The Morgan fingerprint density at radius 1 is 1.27 bits per heavy atom. The van der Waals surface area contributed by atoms with Gasteiger partial charge in [-0.25, -0.2) is 9.18 Å². The van der Waals surface area contributed by atoms with Crippen LogP contribution in [0.4, 0.5) is 4.39 Å². The lowest BCUT2D eigenvalue weighted by Crippen LogP contribution is -2.40. The van der Waals surface area contributed by atoms with Crippen LogP contribution in [0.5, 0.6) is 0 Å². The van der Waals surface area contributed by atoms with Gasteiger partial charge >= 0.3 is 5.97 Å². The highest BCUT2D eigenvalue weighted by Crippen LogP contribution is 2.42. The SMILES string of the molecule is COC(=O)c1cc2cc(CO[Si](C)(C)C(C)(C)C)n(C3CC3)c2cc1F. The number of carbonyl (C=O) groups excluding carboxylic acids is 1. The van der Waals surface area contributed by atoms with Crippen LogP contribution in [0, 0.1) is 5.82 Å². The minimum Gasteiger partial charge on any atom is -0.465 e. The van der Waals surface area contributed by atoms with Crippen molar-refractivity contribution in [3.8, 4) is 0 Å². The zero-order valence-corrected chi connectivity index (χ0v) is 17.5. The molecule has 0 bridgehead atoms. The van der Waals surface area contributed by atoms with Crippen LogP contribution < -0.4 is 0 Å². The average molecular weight is 378 g/mol. The summed E-state index contributed by atoms with van der Waals surface area (Å²) in [5, 5.41) is 0.987. The summed E-state index contributed by atoms with van der Waals surface area (Å²) < 4.78 is 27.7. The van der Waals surface area contributed by atoms with Crippen molar-refractivity contribution < 1.29 is 18.3 Å². The molecule has 1 aromatic heterocycles. The highest BCUT2D eigenvalue weighted by atomic mass is 28.4. The molecule has 1 saturated carbocycles. The maximum Gasteiger partial charge on any atom is 0.340 e. The number of aromatic nitrogens is 1. The maximum atomic E-state index is 14.4. The van der Waals surface area contributed by atoms with Crippen LogP contribution in [0.15, 0.2) is 18.2 Å². The van der Waals surface area contributed by atoms with Crippen molar-refractivity contribution in [3.05, 3.63) is 35.3 Å². The summed E-state index contributed by atoms with van der Waals surface area (Å²) in [6.45, 7) is 11.6. The number of hydrogen-bond acceptors (Lipinski definition) is 3. The second-order valence-electron chi connectivity index (χ2n) is 8.67. The molecule has 3 rings (SSSR count). The fourth-order valence-electron chi connectivity index (χ4n) is 2.92. The molecule has 0 spiro atoms. The molecule has 2 aromatic rings. The number of rotatable bonds is 5. The molecule has 0 unspecified atom stereocenters. The van der Waals surface area contributed by atoms with Gasteiger partial charge in [0.05, 0.1) is 24.8 Å². The van der Waals surface area contributed by atoms with E-state index in [-0.39, 0.29) is 10.6 Å². The second-order valence-corrected chi connectivity index (χ2v) is 13.5. The molecule has 142 valence electrons. The van der Waals surface area contributed by atoms with E-state index in [1.807, 2.05) is 6.07 Å². The Labute approximate surface area is 155 Å². The van der Waals surface area contributed by atoms with E-state index in [4.69, 9.17) is 4.43 Å². The van der Waals surface area contributed by atoms with Crippen molar-refractivity contribution in [3.63, 3.8) is 0 Å². The third kappa shape index (κ3) is 3.44. The van der Waals surface area contributed by atoms with Crippen LogP contribution >= 0.6 is 0 Å². The van der Waals surface area contributed by atoms with Crippen molar-refractivity contribution in [2.75, 3.05) is 7.11 Å². The molecule has 4 nitrogen and oxygen atoms in total. The van der Waals surface area contributed by atoms with Crippen LogP contribution in [0.2, 0.25) is 18.1 Å². The van der Waals surface area contributed by atoms with Gasteiger partial charge in [-0.1, -0.05) is 20.8 Å². The first-order valence-electron chi connectivity index (χ1n) is 9.11. The van der Waals surface area contributed by atoms with Crippen molar-refractivity contribution in [2.45, 2.75) is 64.4 Å². The Balaban J connectivity index is 2.00. The first-order chi connectivity index (χ1) is 12.0. The monoisotopic (exact) mass is 377 g/mol. The van der Waals surface area contributed by atoms with Crippen molar-refractivity contribution in [1.29, 1.82) is 0 Å². The number of nitrogens with zero attached hydrogens (tertiary/aromatic N) is 1. The highest BCUT2D eigenvalue weighted by molar-refractivity contribution is 6.74. The molecule has 1 heterocycles. The zero-order valence-electron chi connectivity index (χ0n) is 16.5. The van der Waals surface area contributed by atoms with Crippen LogP contribution in [-0.4, -0.2) is 26.0 Å². The van der Waals surface area contributed by atoms with E-state index in [9.17, 15) is 9.18 Å². The van der Waals surface area contributed by atoms with E-state index in [1.54, 1.807) is 6.07 Å². The third-order valence-corrected chi connectivity index (χ3v) is 10.2. The summed E-state index contributed by atoms with van der Waals surface area (Å²) >= 11 is 0. The summed E-state index contributed by atoms with van der Waals surface area (Å²) in [4.78, 5) is 11.8. The molecule has 0 atom stereocenters. The van der Waals surface area contributed by atoms with E-state index in [0.717, 1.165) is 29.4 Å². The quantitative estimate of drug-likeness (QED) is 0.516. The average Bonchev–Trinajstić information content (AvgIpc) is 3.32. The van der Waals surface area contributed by atoms with Crippen molar-refractivity contribution >= 4 is 25.2 Å². The molecule has 1 aliphatic carbocycles. The number of hydrogen-bond donors (Lipinski definition) is 0. The van der Waals surface area contributed by atoms with E-state index in [0.29, 0.717) is 12.6 Å². The van der Waals surface area contributed by atoms with Crippen LogP contribution in [0.25, 0.3) is 10.9 Å². The molecule has 1 aromatic carbocycles. The normalized spacial score (nSPS) is 15.5. The fourth-order valence-corrected chi connectivity index (χ4v) is 3.86. The first-order valence-corrected chi connectivity index (χ1v) is 12.0. The maximum absolute atomic E-state index is 14.4. The summed E-state index contributed by atoms with van der Waals surface area (Å²) in [7, 11) is -0.617. The van der Waals surface area contributed by atoms with E-state index in [1.165, 1.54) is 13.2 Å². The van der Waals surface area contributed by atoms with Gasteiger partial charge in [0.2, 0.25) is 0 Å². The highest BCUT2D eigenvalue weighted by Gasteiger charge is 2.38. The third-order valence-electron chi connectivity index (χ3n) is 5.71. The Morgan fingerprint density at radius 3 is 2.46 bits per heavy atom. The van der Waals surface area contributed by atoms with E-state index < -0.39 is 20.1 Å². The summed E-state index contributed by atoms with van der Waals surface area (Å²) in [6, 6.07) is 5.46. The molecule has 1 aliphatic rings. The molecule has 0 N–H and O–H groups in total. The van der Waals surface area contributed by atoms with E-state index >= 15 is 0 Å². The molecule has 26 heavy (non-hydrogen) atoms. The number of esters is 1. The molecule has 0 aliphatic heterocycles. The molecular formula is C20H28FNO3Si. The number of carbonyl (C=O) groups is 1. The Bertz CT molecular complexity index is 847. The van der Waals surface area contributed by atoms with Gasteiger partial charge < -0.3 is 13.7 Å². The van der Waals surface area contributed by atoms with Gasteiger partial charge in [0.15, 0.2) is 8.32 Å². The minimum atomic E-state index is -1.88. The van der Waals surface area contributed by atoms with Crippen LogP contribution in [-0.2, 0) is 15.8 Å². The summed E-state index contributed by atoms with van der Waals surface area (Å²) in [5.41, 5.74) is 1.85. The van der Waals surface area contributed by atoms with E-state index in [2.05, 4.69) is 43.2 Å². The van der Waals surface area contributed by atoms with Crippen molar-refractivity contribution in [2.24, 2.45) is 0 Å². The predicted molar refractivity (Wildman–Crippen MR) is 103 cm³/mol. The minimum absolute atomic E-state index is 0.0233.